The summed E-state index contributed by atoms with van der Waals surface area (Å²) in [5.41, 5.74) is 0.801. The van der Waals surface area contributed by atoms with Crippen molar-refractivity contribution < 1.29 is 9.36 Å². The Bertz CT molecular complexity index is 339. The number of hydrogen-bond acceptors (Lipinski definition) is 1. The maximum absolute atomic E-state index is 12.0. The van der Waals surface area contributed by atoms with Gasteiger partial charge in [-0.15, -0.1) is 0 Å². The van der Waals surface area contributed by atoms with Crippen molar-refractivity contribution in [2.45, 2.75) is 19.3 Å². The Hall–Kier alpha value is -1.38. The van der Waals surface area contributed by atoms with Gasteiger partial charge in [0.15, 0.2) is 12.4 Å². The Balaban J connectivity index is 2.09. The minimum atomic E-state index is 0.176. The molecule has 15 heavy (non-hydrogen) atoms. The predicted octanol–water partition coefficient (Wildman–Crippen LogP) is 1.14. The van der Waals surface area contributed by atoms with Crippen LogP contribution in [0.4, 0.5) is 0 Å². The van der Waals surface area contributed by atoms with Gasteiger partial charge in [-0.3, -0.25) is 4.79 Å². The Morgan fingerprint density at radius 1 is 1.20 bits per heavy atom. The van der Waals surface area contributed by atoms with Crippen molar-refractivity contribution in [1.29, 1.82) is 0 Å². The average molecular weight is 205 g/mol. The molecule has 0 atom stereocenters. The molecule has 0 aromatic carbocycles. The molecule has 1 aromatic heterocycles. The molecule has 3 nitrogen and oxygen atoms in total. The first-order valence-corrected chi connectivity index (χ1v) is 5.52. The van der Waals surface area contributed by atoms with Crippen molar-refractivity contribution in [2.24, 2.45) is 7.05 Å². The van der Waals surface area contributed by atoms with Gasteiger partial charge in [-0.05, 0) is 19.3 Å². The number of aromatic nitrogens is 1. The number of rotatable bonds is 1. The highest BCUT2D eigenvalue weighted by atomic mass is 16.2. The molecule has 80 valence electrons. The summed E-state index contributed by atoms with van der Waals surface area (Å²) >= 11 is 0. The second-order valence-corrected chi connectivity index (χ2v) is 4.11. The number of aryl methyl sites for hydroxylation is 1. The molecule has 1 aliphatic heterocycles. The zero-order valence-corrected chi connectivity index (χ0v) is 9.15. The van der Waals surface area contributed by atoms with Gasteiger partial charge in [0, 0.05) is 25.2 Å². The summed E-state index contributed by atoms with van der Waals surface area (Å²) < 4.78 is 1.94. The third-order valence-electron chi connectivity index (χ3n) is 2.87. The Morgan fingerprint density at radius 2 is 1.80 bits per heavy atom. The standard InChI is InChI=1S/C12H17N2O/c1-13-9-5-11(6-10-13)12(15)14-7-3-2-4-8-14/h5-6,9-10H,2-4,7-8H2,1H3/q+1. The van der Waals surface area contributed by atoms with Crippen molar-refractivity contribution in [1.82, 2.24) is 4.90 Å². The highest BCUT2D eigenvalue weighted by molar-refractivity contribution is 5.93. The van der Waals surface area contributed by atoms with E-state index in [-0.39, 0.29) is 5.91 Å². The summed E-state index contributed by atoms with van der Waals surface area (Å²) in [5.74, 6) is 0.176. The monoisotopic (exact) mass is 205 g/mol. The van der Waals surface area contributed by atoms with Crippen LogP contribution in [0, 0.1) is 0 Å². The predicted molar refractivity (Wildman–Crippen MR) is 57.4 cm³/mol. The maximum Gasteiger partial charge on any atom is 0.254 e. The van der Waals surface area contributed by atoms with Crippen molar-refractivity contribution >= 4 is 5.91 Å². The largest absolute Gasteiger partial charge is 0.339 e. The zero-order chi connectivity index (χ0) is 10.7. The number of carbonyl (C=O) groups is 1. The number of carbonyl (C=O) groups excluding carboxylic acids is 1. The number of piperidine rings is 1. The molecule has 1 amide bonds. The van der Waals surface area contributed by atoms with Gasteiger partial charge in [0.25, 0.3) is 5.91 Å². The molecule has 0 aliphatic carbocycles. The summed E-state index contributed by atoms with van der Waals surface area (Å²) in [4.78, 5) is 14.0. The fourth-order valence-electron chi connectivity index (χ4n) is 1.92. The smallest absolute Gasteiger partial charge is 0.254 e. The lowest BCUT2D eigenvalue weighted by molar-refractivity contribution is -0.671. The molecular formula is C12H17N2O+. The quantitative estimate of drug-likeness (QED) is 0.631. The van der Waals surface area contributed by atoms with Crippen LogP contribution in [0.15, 0.2) is 24.5 Å². The van der Waals surface area contributed by atoms with E-state index in [0.29, 0.717) is 0 Å². The minimum Gasteiger partial charge on any atom is -0.339 e. The lowest BCUT2D eigenvalue weighted by atomic mass is 10.1. The third-order valence-corrected chi connectivity index (χ3v) is 2.87. The van der Waals surface area contributed by atoms with Gasteiger partial charge in [0.2, 0.25) is 0 Å². The highest BCUT2D eigenvalue weighted by Gasteiger charge is 2.18. The second-order valence-electron chi connectivity index (χ2n) is 4.11. The van der Waals surface area contributed by atoms with E-state index in [9.17, 15) is 4.79 Å². The molecule has 1 aliphatic rings. The van der Waals surface area contributed by atoms with E-state index in [1.54, 1.807) is 0 Å². The van der Waals surface area contributed by atoms with E-state index >= 15 is 0 Å². The lowest BCUT2D eigenvalue weighted by Crippen LogP contribution is -2.36. The van der Waals surface area contributed by atoms with Crippen LogP contribution in [-0.2, 0) is 7.05 Å². The topological polar surface area (TPSA) is 24.2 Å². The second kappa shape index (κ2) is 4.43. The van der Waals surface area contributed by atoms with Crippen LogP contribution in [-0.4, -0.2) is 23.9 Å². The Morgan fingerprint density at radius 3 is 2.40 bits per heavy atom. The molecular weight excluding hydrogens is 188 g/mol. The van der Waals surface area contributed by atoms with Crippen LogP contribution in [0.2, 0.25) is 0 Å². The van der Waals surface area contributed by atoms with Gasteiger partial charge < -0.3 is 4.90 Å². The zero-order valence-electron chi connectivity index (χ0n) is 9.15. The molecule has 3 heteroatoms. The van der Waals surface area contributed by atoms with Crippen LogP contribution in [0.1, 0.15) is 29.6 Å². The van der Waals surface area contributed by atoms with Gasteiger partial charge >= 0.3 is 0 Å². The maximum atomic E-state index is 12.0. The van der Waals surface area contributed by atoms with Crippen molar-refractivity contribution in [2.75, 3.05) is 13.1 Å². The highest BCUT2D eigenvalue weighted by Crippen LogP contribution is 2.12. The summed E-state index contributed by atoms with van der Waals surface area (Å²) in [7, 11) is 1.95. The normalized spacial score (nSPS) is 16.5. The molecule has 1 saturated heterocycles. The van der Waals surface area contributed by atoms with Crippen LogP contribution in [0.25, 0.3) is 0 Å². The molecule has 0 N–H and O–H groups in total. The van der Waals surface area contributed by atoms with Crippen LogP contribution < -0.4 is 4.57 Å². The number of likely N-dealkylation sites (tertiary alicyclic amines) is 1. The number of pyridine rings is 1. The first kappa shape index (κ1) is 10.1. The fourth-order valence-corrected chi connectivity index (χ4v) is 1.92. The SMILES string of the molecule is C[n+]1ccc(C(=O)N2CCCCC2)cc1. The van der Waals surface area contributed by atoms with Crippen molar-refractivity contribution in [3.05, 3.63) is 30.1 Å². The van der Waals surface area contributed by atoms with Gasteiger partial charge in [-0.1, -0.05) is 0 Å². The van der Waals surface area contributed by atoms with E-state index < -0.39 is 0 Å². The molecule has 2 heterocycles. The molecule has 1 aromatic rings. The van der Waals surface area contributed by atoms with Crippen LogP contribution in [0.3, 0.4) is 0 Å². The van der Waals surface area contributed by atoms with Crippen LogP contribution in [0.5, 0.6) is 0 Å². The van der Waals surface area contributed by atoms with Gasteiger partial charge in [-0.2, -0.15) is 0 Å². The summed E-state index contributed by atoms with van der Waals surface area (Å²) in [5, 5.41) is 0. The molecule has 0 bridgehead atoms. The molecule has 0 radical (unpaired) electrons. The average Bonchev–Trinajstić information content (AvgIpc) is 2.30. The Labute approximate surface area is 90.3 Å². The molecule has 0 saturated carbocycles. The van der Waals surface area contributed by atoms with E-state index in [1.165, 1.54) is 6.42 Å². The molecule has 2 rings (SSSR count). The summed E-state index contributed by atoms with van der Waals surface area (Å²) in [6, 6.07) is 3.77. The first-order valence-electron chi connectivity index (χ1n) is 5.52. The molecule has 0 unspecified atom stereocenters. The van der Waals surface area contributed by atoms with Crippen LogP contribution >= 0.6 is 0 Å². The third kappa shape index (κ3) is 2.35. The first-order chi connectivity index (χ1) is 7.27. The number of hydrogen-bond donors (Lipinski definition) is 0. The van der Waals surface area contributed by atoms with E-state index in [1.807, 2.05) is 41.0 Å². The number of nitrogens with zero attached hydrogens (tertiary/aromatic N) is 2. The van der Waals surface area contributed by atoms with Gasteiger partial charge in [-0.25, -0.2) is 4.57 Å². The van der Waals surface area contributed by atoms with E-state index in [2.05, 4.69) is 0 Å². The van der Waals surface area contributed by atoms with E-state index in [0.717, 1.165) is 31.5 Å². The van der Waals surface area contributed by atoms with Gasteiger partial charge in [0.1, 0.15) is 7.05 Å². The van der Waals surface area contributed by atoms with Gasteiger partial charge in [0.05, 0.1) is 5.56 Å². The fraction of sp³-hybridized carbons (Fsp3) is 0.500. The molecule has 0 spiro atoms. The summed E-state index contributed by atoms with van der Waals surface area (Å²) in [6.07, 6.45) is 7.38. The van der Waals surface area contributed by atoms with Crippen molar-refractivity contribution in [3.8, 4) is 0 Å². The lowest BCUT2D eigenvalue weighted by Gasteiger charge is -2.26. The van der Waals surface area contributed by atoms with Crippen molar-refractivity contribution in [3.63, 3.8) is 0 Å². The van der Waals surface area contributed by atoms with E-state index in [4.69, 9.17) is 0 Å². The number of amides is 1. The Kier molecular flexibility index (Phi) is 2.99. The minimum absolute atomic E-state index is 0.176. The summed E-state index contributed by atoms with van der Waals surface area (Å²) in [6.45, 7) is 1.83. The molecule has 1 fully saturated rings.